The van der Waals surface area contributed by atoms with Gasteiger partial charge in [0.15, 0.2) is 0 Å². The summed E-state index contributed by atoms with van der Waals surface area (Å²) in [6.07, 6.45) is 1.19. The van der Waals surface area contributed by atoms with Gasteiger partial charge in [-0.05, 0) is 48.4 Å². The minimum atomic E-state index is -3.93. The van der Waals surface area contributed by atoms with Crippen molar-refractivity contribution in [3.05, 3.63) is 59.2 Å². The topological polar surface area (TPSA) is 67.2 Å². The van der Waals surface area contributed by atoms with Gasteiger partial charge in [0.2, 0.25) is 0 Å². The minimum absolute atomic E-state index is 0.124. The van der Waals surface area contributed by atoms with E-state index in [-0.39, 0.29) is 4.90 Å². The van der Waals surface area contributed by atoms with Crippen LogP contribution in [0.3, 0.4) is 0 Å². The fourth-order valence-corrected chi connectivity index (χ4v) is 4.33. The molecule has 2 aromatic rings. The summed E-state index contributed by atoms with van der Waals surface area (Å²) in [6.45, 7) is 7.64. The smallest absolute Gasteiger partial charge is 0.258 e. The Morgan fingerprint density at radius 2 is 1.73 bits per heavy atom. The maximum atomic E-state index is 12.8. The number of nitriles is 1. The summed E-state index contributed by atoms with van der Waals surface area (Å²) < 4.78 is 31.2. The van der Waals surface area contributed by atoms with Crippen molar-refractivity contribution in [1.29, 1.82) is 5.26 Å². The fraction of sp³-hybridized carbons (Fsp3) is 0.350. The van der Waals surface area contributed by atoms with E-state index in [1.54, 1.807) is 30.3 Å². The van der Waals surface area contributed by atoms with E-state index < -0.39 is 21.6 Å². The first-order valence-electron chi connectivity index (χ1n) is 8.16. The normalized spacial score (nSPS) is 13.2. The lowest BCUT2D eigenvalue weighted by atomic mass is 9.84. The van der Waals surface area contributed by atoms with Crippen LogP contribution in [0.25, 0.3) is 0 Å². The highest BCUT2D eigenvalue weighted by molar-refractivity contribution is 7.98. The van der Waals surface area contributed by atoms with Crippen LogP contribution in [0, 0.1) is 23.7 Å². The quantitative estimate of drug-likeness (QED) is 0.527. The summed E-state index contributed by atoms with van der Waals surface area (Å²) in [5.41, 5.74) is 1.68. The molecular weight excluding hydrogens is 366 g/mol. The highest BCUT2D eigenvalue weighted by Gasteiger charge is 2.33. The van der Waals surface area contributed by atoms with E-state index in [4.69, 9.17) is 4.18 Å². The first-order chi connectivity index (χ1) is 12.1. The van der Waals surface area contributed by atoms with Crippen LogP contribution in [-0.4, -0.2) is 14.7 Å². The zero-order chi connectivity index (χ0) is 19.5. The maximum Gasteiger partial charge on any atom is 0.297 e. The van der Waals surface area contributed by atoms with Crippen LogP contribution in [0.2, 0.25) is 0 Å². The van der Waals surface area contributed by atoms with Gasteiger partial charge in [-0.25, -0.2) is 0 Å². The van der Waals surface area contributed by atoms with E-state index in [2.05, 4.69) is 6.07 Å². The summed E-state index contributed by atoms with van der Waals surface area (Å²) in [4.78, 5) is 0.976. The molecule has 0 bridgehead atoms. The first kappa shape index (κ1) is 20.5. The van der Waals surface area contributed by atoms with Gasteiger partial charge in [0.1, 0.15) is 12.2 Å². The molecule has 0 aliphatic carbocycles. The molecule has 1 atom stereocenters. The standard InChI is InChI=1S/C20H23NO3S2/c1-14-6-9-17(10-7-14)26(22,23)24-19(20(2,3)4)15-8-11-18(25-5)16(12-15)13-21/h6-12,19H,1-5H3. The summed E-state index contributed by atoms with van der Waals surface area (Å²) >= 11 is 1.48. The Hall–Kier alpha value is -1.81. The molecule has 0 radical (unpaired) electrons. The van der Waals surface area contributed by atoms with E-state index in [9.17, 15) is 13.7 Å². The SMILES string of the molecule is CSc1ccc(C(OS(=O)(=O)c2ccc(C)cc2)C(C)(C)C)cc1C#N. The predicted octanol–water partition coefficient (Wildman–Crippen LogP) is 5.08. The van der Waals surface area contributed by atoms with Gasteiger partial charge in [-0.15, -0.1) is 11.8 Å². The van der Waals surface area contributed by atoms with E-state index in [1.807, 2.05) is 46.1 Å². The van der Waals surface area contributed by atoms with E-state index in [1.165, 1.54) is 11.8 Å². The zero-order valence-corrected chi connectivity index (χ0v) is 17.2. The number of aryl methyl sites for hydroxylation is 1. The lowest BCUT2D eigenvalue weighted by molar-refractivity contribution is 0.0933. The highest BCUT2D eigenvalue weighted by Crippen LogP contribution is 2.39. The van der Waals surface area contributed by atoms with Gasteiger partial charge in [-0.3, -0.25) is 4.18 Å². The Morgan fingerprint density at radius 1 is 1.12 bits per heavy atom. The number of benzene rings is 2. The molecule has 6 heteroatoms. The Morgan fingerprint density at radius 3 is 2.23 bits per heavy atom. The summed E-state index contributed by atoms with van der Waals surface area (Å²) in [5, 5.41) is 9.37. The number of thioether (sulfide) groups is 1. The van der Waals surface area contributed by atoms with E-state index in [0.717, 1.165) is 10.5 Å². The Bertz CT molecular complexity index is 921. The third-order valence-corrected chi connectivity index (χ3v) is 6.06. The van der Waals surface area contributed by atoms with Crippen molar-refractivity contribution in [3.8, 4) is 6.07 Å². The lowest BCUT2D eigenvalue weighted by Crippen LogP contribution is -2.24. The Kier molecular flexibility index (Phi) is 6.17. The molecule has 4 nitrogen and oxygen atoms in total. The Labute approximate surface area is 160 Å². The van der Waals surface area contributed by atoms with Gasteiger partial charge in [-0.2, -0.15) is 13.7 Å². The van der Waals surface area contributed by atoms with Gasteiger partial charge in [0, 0.05) is 4.90 Å². The summed E-state index contributed by atoms with van der Waals surface area (Å²) in [7, 11) is -3.93. The average molecular weight is 390 g/mol. The molecule has 0 spiro atoms. The molecule has 138 valence electrons. The second-order valence-electron chi connectivity index (χ2n) is 7.18. The van der Waals surface area contributed by atoms with Crippen LogP contribution in [0.5, 0.6) is 0 Å². The number of hydrogen-bond acceptors (Lipinski definition) is 5. The zero-order valence-electron chi connectivity index (χ0n) is 15.6. The molecule has 0 heterocycles. The van der Waals surface area contributed by atoms with Gasteiger partial charge in [-0.1, -0.05) is 44.5 Å². The third kappa shape index (κ3) is 4.67. The number of hydrogen-bond donors (Lipinski definition) is 0. The molecule has 0 N–H and O–H groups in total. The summed E-state index contributed by atoms with van der Waals surface area (Å²) in [5.74, 6) is 0. The van der Waals surface area contributed by atoms with Gasteiger partial charge in [0.05, 0.1) is 10.5 Å². The van der Waals surface area contributed by atoms with Crippen molar-refractivity contribution in [2.45, 2.75) is 43.6 Å². The molecule has 0 aliphatic rings. The van der Waals surface area contributed by atoms with Crippen LogP contribution < -0.4 is 0 Å². The third-order valence-electron chi connectivity index (χ3n) is 3.97. The second-order valence-corrected chi connectivity index (χ2v) is 9.60. The van der Waals surface area contributed by atoms with Crippen LogP contribution in [0.4, 0.5) is 0 Å². The molecular formula is C20H23NO3S2. The van der Waals surface area contributed by atoms with Crippen LogP contribution >= 0.6 is 11.8 Å². The van der Waals surface area contributed by atoms with Gasteiger partial charge >= 0.3 is 0 Å². The molecule has 0 saturated heterocycles. The average Bonchev–Trinajstić information content (AvgIpc) is 2.58. The van der Waals surface area contributed by atoms with Gasteiger partial charge < -0.3 is 0 Å². The van der Waals surface area contributed by atoms with Crippen molar-refractivity contribution in [1.82, 2.24) is 0 Å². The van der Waals surface area contributed by atoms with Gasteiger partial charge in [0.25, 0.3) is 10.1 Å². The lowest BCUT2D eigenvalue weighted by Gasteiger charge is -2.30. The molecule has 2 aromatic carbocycles. The molecule has 26 heavy (non-hydrogen) atoms. The van der Waals surface area contributed by atoms with Crippen molar-refractivity contribution >= 4 is 21.9 Å². The first-order valence-corrected chi connectivity index (χ1v) is 10.8. The van der Waals surface area contributed by atoms with Crippen molar-refractivity contribution in [2.24, 2.45) is 5.41 Å². The fourth-order valence-electron chi connectivity index (χ4n) is 2.56. The molecule has 1 unspecified atom stereocenters. The molecule has 0 amide bonds. The number of rotatable bonds is 5. The van der Waals surface area contributed by atoms with E-state index >= 15 is 0 Å². The second kappa shape index (κ2) is 7.83. The van der Waals surface area contributed by atoms with Crippen molar-refractivity contribution < 1.29 is 12.6 Å². The van der Waals surface area contributed by atoms with Crippen molar-refractivity contribution in [2.75, 3.05) is 6.26 Å². The highest BCUT2D eigenvalue weighted by atomic mass is 32.2. The molecule has 0 aromatic heterocycles. The maximum absolute atomic E-state index is 12.8. The molecule has 0 fully saturated rings. The molecule has 0 saturated carbocycles. The molecule has 2 rings (SSSR count). The van der Waals surface area contributed by atoms with Crippen LogP contribution in [0.15, 0.2) is 52.3 Å². The number of nitrogens with zero attached hydrogens (tertiary/aromatic N) is 1. The largest absolute Gasteiger partial charge is 0.297 e. The van der Waals surface area contributed by atoms with Crippen LogP contribution in [-0.2, 0) is 14.3 Å². The van der Waals surface area contributed by atoms with Crippen molar-refractivity contribution in [3.63, 3.8) is 0 Å². The monoisotopic (exact) mass is 389 g/mol. The Balaban J connectivity index is 2.47. The summed E-state index contributed by atoms with van der Waals surface area (Å²) in [6, 6.07) is 14.1. The van der Waals surface area contributed by atoms with Crippen LogP contribution in [0.1, 0.15) is 43.6 Å². The van der Waals surface area contributed by atoms with E-state index in [0.29, 0.717) is 11.1 Å². The predicted molar refractivity (Wildman–Crippen MR) is 105 cm³/mol. The minimum Gasteiger partial charge on any atom is -0.258 e. The molecule has 0 aliphatic heterocycles.